The summed E-state index contributed by atoms with van der Waals surface area (Å²) in [6.07, 6.45) is 0. The Morgan fingerprint density at radius 2 is 1.96 bits per heavy atom. The topological polar surface area (TPSA) is 77.1 Å². The Labute approximate surface area is 143 Å². The van der Waals surface area contributed by atoms with Crippen molar-refractivity contribution >= 4 is 5.97 Å². The standard InChI is InChI=1S/C18H16FN3O3/c1-2-24-18(23)17-16(20-22-21-17)13-5-3-4-12(10-13)11-25-15-8-6-14(19)7-9-15/h3-10H,2,11H2,1H3,(H,20,21,22). The molecule has 2 aromatic carbocycles. The van der Waals surface area contributed by atoms with E-state index in [9.17, 15) is 9.18 Å². The van der Waals surface area contributed by atoms with Crippen LogP contribution < -0.4 is 4.74 Å². The molecular formula is C18H16FN3O3. The molecule has 128 valence electrons. The molecule has 0 aliphatic carbocycles. The van der Waals surface area contributed by atoms with Crippen molar-refractivity contribution in [2.24, 2.45) is 0 Å². The number of nitrogens with one attached hydrogen (secondary N) is 1. The van der Waals surface area contributed by atoms with Crippen LogP contribution in [0.15, 0.2) is 48.5 Å². The Hall–Kier alpha value is -3.22. The zero-order valence-electron chi connectivity index (χ0n) is 13.5. The van der Waals surface area contributed by atoms with E-state index in [2.05, 4.69) is 15.4 Å². The molecule has 1 heterocycles. The van der Waals surface area contributed by atoms with Crippen LogP contribution in [0.5, 0.6) is 5.75 Å². The molecule has 3 rings (SSSR count). The van der Waals surface area contributed by atoms with Gasteiger partial charge in [-0.1, -0.05) is 18.2 Å². The third-order valence-electron chi connectivity index (χ3n) is 3.44. The van der Waals surface area contributed by atoms with Gasteiger partial charge in [-0.15, -0.1) is 5.10 Å². The minimum Gasteiger partial charge on any atom is -0.489 e. The van der Waals surface area contributed by atoms with Gasteiger partial charge in [0.05, 0.1) is 6.61 Å². The van der Waals surface area contributed by atoms with Gasteiger partial charge < -0.3 is 9.47 Å². The van der Waals surface area contributed by atoms with E-state index >= 15 is 0 Å². The van der Waals surface area contributed by atoms with E-state index < -0.39 is 5.97 Å². The van der Waals surface area contributed by atoms with E-state index in [1.54, 1.807) is 19.1 Å². The summed E-state index contributed by atoms with van der Waals surface area (Å²) in [7, 11) is 0. The van der Waals surface area contributed by atoms with Gasteiger partial charge in [0, 0.05) is 5.56 Å². The molecule has 0 atom stereocenters. The number of H-pyrrole nitrogens is 1. The van der Waals surface area contributed by atoms with Crippen molar-refractivity contribution in [1.82, 2.24) is 15.4 Å². The number of carbonyl (C=O) groups excluding carboxylic acids is 1. The van der Waals surface area contributed by atoms with Crippen molar-refractivity contribution < 1.29 is 18.7 Å². The van der Waals surface area contributed by atoms with Gasteiger partial charge in [0.1, 0.15) is 23.9 Å². The molecule has 0 bridgehead atoms. The molecule has 1 N–H and O–H groups in total. The Balaban J connectivity index is 1.77. The van der Waals surface area contributed by atoms with Crippen LogP contribution in [0.4, 0.5) is 4.39 Å². The molecule has 7 heteroatoms. The van der Waals surface area contributed by atoms with Crippen LogP contribution in [0.3, 0.4) is 0 Å². The third kappa shape index (κ3) is 4.00. The van der Waals surface area contributed by atoms with Crippen LogP contribution in [0.1, 0.15) is 23.0 Å². The van der Waals surface area contributed by atoms with Gasteiger partial charge in [-0.25, -0.2) is 9.18 Å². The monoisotopic (exact) mass is 341 g/mol. The summed E-state index contributed by atoms with van der Waals surface area (Å²) >= 11 is 0. The maximum atomic E-state index is 12.9. The Morgan fingerprint density at radius 1 is 1.16 bits per heavy atom. The highest BCUT2D eigenvalue weighted by Gasteiger charge is 2.19. The van der Waals surface area contributed by atoms with Crippen molar-refractivity contribution in [3.05, 3.63) is 65.6 Å². The molecule has 25 heavy (non-hydrogen) atoms. The van der Waals surface area contributed by atoms with Crippen LogP contribution in [0.2, 0.25) is 0 Å². The average Bonchev–Trinajstić information content (AvgIpc) is 3.12. The molecule has 3 aromatic rings. The third-order valence-corrected chi connectivity index (χ3v) is 3.44. The fourth-order valence-electron chi connectivity index (χ4n) is 2.28. The van der Waals surface area contributed by atoms with Crippen molar-refractivity contribution in [3.63, 3.8) is 0 Å². The number of rotatable bonds is 6. The number of benzene rings is 2. The van der Waals surface area contributed by atoms with Crippen molar-refractivity contribution in [2.45, 2.75) is 13.5 Å². The maximum absolute atomic E-state index is 12.9. The first-order valence-electron chi connectivity index (χ1n) is 7.73. The van der Waals surface area contributed by atoms with Crippen molar-refractivity contribution in [3.8, 4) is 17.0 Å². The van der Waals surface area contributed by atoms with Crippen LogP contribution in [0.25, 0.3) is 11.3 Å². The highest BCUT2D eigenvalue weighted by molar-refractivity contribution is 5.93. The van der Waals surface area contributed by atoms with E-state index in [1.165, 1.54) is 12.1 Å². The van der Waals surface area contributed by atoms with E-state index in [0.29, 0.717) is 18.1 Å². The summed E-state index contributed by atoms with van der Waals surface area (Å²) in [6.45, 7) is 2.29. The summed E-state index contributed by atoms with van der Waals surface area (Å²) in [5.74, 6) is -0.272. The molecular weight excluding hydrogens is 325 g/mol. The molecule has 0 amide bonds. The zero-order valence-corrected chi connectivity index (χ0v) is 13.5. The summed E-state index contributed by atoms with van der Waals surface area (Å²) in [6, 6.07) is 13.2. The Bertz CT molecular complexity index is 862. The normalized spacial score (nSPS) is 10.5. The highest BCUT2D eigenvalue weighted by atomic mass is 19.1. The van der Waals surface area contributed by atoms with Crippen molar-refractivity contribution in [2.75, 3.05) is 6.61 Å². The zero-order chi connectivity index (χ0) is 17.6. The van der Waals surface area contributed by atoms with E-state index in [1.807, 2.05) is 24.3 Å². The van der Waals surface area contributed by atoms with E-state index in [0.717, 1.165) is 11.1 Å². The van der Waals surface area contributed by atoms with Gasteiger partial charge in [-0.2, -0.15) is 10.3 Å². The molecule has 0 saturated carbocycles. The fraction of sp³-hybridized carbons (Fsp3) is 0.167. The molecule has 0 aliphatic heterocycles. The van der Waals surface area contributed by atoms with Gasteiger partial charge >= 0.3 is 5.97 Å². The number of aromatic amines is 1. The number of hydrogen-bond donors (Lipinski definition) is 1. The summed E-state index contributed by atoms with van der Waals surface area (Å²) < 4.78 is 23.5. The molecule has 0 spiro atoms. The first-order valence-corrected chi connectivity index (χ1v) is 7.73. The quantitative estimate of drug-likeness (QED) is 0.696. The number of ether oxygens (including phenoxy) is 2. The van der Waals surface area contributed by atoms with Crippen molar-refractivity contribution in [1.29, 1.82) is 0 Å². The van der Waals surface area contributed by atoms with Crippen LogP contribution in [0, 0.1) is 5.82 Å². The van der Waals surface area contributed by atoms with Gasteiger partial charge in [0.2, 0.25) is 0 Å². The summed E-state index contributed by atoms with van der Waals surface area (Å²) in [5, 5.41) is 10.4. The molecule has 0 aliphatic rings. The second kappa shape index (κ2) is 7.57. The van der Waals surface area contributed by atoms with Crippen LogP contribution in [-0.2, 0) is 11.3 Å². The molecule has 6 nitrogen and oxygen atoms in total. The van der Waals surface area contributed by atoms with Gasteiger partial charge in [0.15, 0.2) is 5.69 Å². The number of halogens is 1. The number of nitrogens with zero attached hydrogens (tertiary/aromatic N) is 2. The molecule has 0 fully saturated rings. The predicted octanol–water partition coefficient (Wildman–Crippen LogP) is 3.37. The number of hydrogen-bond acceptors (Lipinski definition) is 5. The number of aromatic nitrogens is 3. The predicted molar refractivity (Wildman–Crippen MR) is 88.5 cm³/mol. The average molecular weight is 341 g/mol. The maximum Gasteiger partial charge on any atom is 0.361 e. The van der Waals surface area contributed by atoms with Gasteiger partial charge in [-0.05, 0) is 42.8 Å². The molecule has 0 radical (unpaired) electrons. The first-order chi connectivity index (χ1) is 12.2. The van der Waals surface area contributed by atoms with E-state index in [-0.39, 0.29) is 18.1 Å². The number of carbonyl (C=O) groups is 1. The SMILES string of the molecule is CCOC(=O)c1n[nH]nc1-c1cccc(COc2ccc(F)cc2)c1. The summed E-state index contributed by atoms with van der Waals surface area (Å²) in [4.78, 5) is 11.9. The minimum atomic E-state index is -0.529. The van der Waals surface area contributed by atoms with Gasteiger partial charge in [-0.3, -0.25) is 0 Å². The van der Waals surface area contributed by atoms with E-state index in [4.69, 9.17) is 9.47 Å². The summed E-state index contributed by atoms with van der Waals surface area (Å²) in [5.41, 5.74) is 2.15. The lowest BCUT2D eigenvalue weighted by molar-refractivity contribution is 0.0520. The first kappa shape index (κ1) is 16.6. The molecule has 0 saturated heterocycles. The van der Waals surface area contributed by atoms with Crippen LogP contribution in [-0.4, -0.2) is 28.0 Å². The molecule has 0 unspecified atom stereocenters. The van der Waals surface area contributed by atoms with Gasteiger partial charge in [0.25, 0.3) is 0 Å². The number of esters is 1. The fourth-order valence-corrected chi connectivity index (χ4v) is 2.28. The Kier molecular flexibility index (Phi) is 5.03. The van der Waals surface area contributed by atoms with Crippen LogP contribution >= 0.6 is 0 Å². The molecule has 1 aromatic heterocycles. The second-order valence-corrected chi connectivity index (χ2v) is 5.18. The largest absolute Gasteiger partial charge is 0.489 e. The lowest BCUT2D eigenvalue weighted by Crippen LogP contribution is -2.07. The highest BCUT2D eigenvalue weighted by Crippen LogP contribution is 2.22. The lowest BCUT2D eigenvalue weighted by atomic mass is 10.1. The Morgan fingerprint density at radius 3 is 2.72 bits per heavy atom. The minimum absolute atomic E-state index is 0.137. The second-order valence-electron chi connectivity index (χ2n) is 5.18. The smallest absolute Gasteiger partial charge is 0.361 e. The lowest BCUT2D eigenvalue weighted by Gasteiger charge is -2.07.